The van der Waals surface area contributed by atoms with Crippen LogP contribution in [0.1, 0.15) is 20.1 Å². The Morgan fingerprint density at radius 1 is 1.48 bits per heavy atom. The van der Waals surface area contributed by atoms with Gasteiger partial charge in [0, 0.05) is 0 Å². The number of nitrogens with one attached hydrogen (secondary N) is 1. The van der Waals surface area contributed by atoms with Gasteiger partial charge in [-0.3, -0.25) is 0 Å². The number of nitriles is 1. The summed E-state index contributed by atoms with van der Waals surface area (Å²) in [6.07, 6.45) is 0. The van der Waals surface area contributed by atoms with Crippen molar-refractivity contribution in [3.63, 3.8) is 0 Å². The Morgan fingerprint density at radius 2 is 2.38 bits per heavy atom. The van der Waals surface area contributed by atoms with Crippen molar-refractivity contribution in [1.82, 2.24) is 4.98 Å². The van der Waals surface area contributed by atoms with Crippen LogP contribution in [0, 0.1) is 11.3 Å². The van der Waals surface area contributed by atoms with Gasteiger partial charge in [0.2, 0.25) is 0 Å². The molecule has 0 aliphatic carbocycles. The molecule has 106 valence electrons. The van der Waals surface area contributed by atoms with Crippen LogP contribution in [0.2, 0.25) is 0 Å². The van der Waals surface area contributed by atoms with E-state index in [0.29, 0.717) is 30.7 Å². The molecule has 3 aromatic heterocycles. The second-order valence-electron chi connectivity index (χ2n) is 4.74. The average Bonchev–Trinajstić information content (AvgIpc) is 3.07. The second kappa shape index (κ2) is 5.55. The van der Waals surface area contributed by atoms with Gasteiger partial charge in [-0.25, -0.2) is 0 Å². The molecule has 21 heavy (non-hydrogen) atoms. The number of fused-ring (bicyclic) bond motifs is 1. The number of thiophene rings is 2. The van der Waals surface area contributed by atoms with Crippen molar-refractivity contribution in [3.8, 4) is 6.07 Å². The van der Waals surface area contributed by atoms with E-state index < -0.39 is 0 Å². The van der Waals surface area contributed by atoms with Crippen LogP contribution in [0.15, 0.2) is 29.0 Å². The van der Waals surface area contributed by atoms with Crippen LogP contribution in [0.25, 0.3) is 10.2 Å². The van der Waals surface area contributed by atoms with Gasteiger partial charge in [-0.2, -0.15) is 0 Å². The van der Waals surface area contributed by atoms with Crippen LogP contribution < -0.4 is 26.5 Å². The summed E-state index contributed by atoms with van der Waals surface area (Å²) in [5.41, 5.74) is 3.89. The fourth-order valence-electron chi connectivity index (χ4n) is 2.20. The molecule has 4 heterocycles. The van der Waals surface area contributed by atoms with Crippen LogP contribution in [0.4, 0.5) is 5.69 Å². The summed E-state index contributed by atoms with van der Waals surface area (Å²) in [6, 6.07) is 8.67. The first-order valence-corrected chi connectivity index (χ1v) is 11.0. The molecule has 0 radical (unpaired) electrons. The zero-order valence-corrected chi connectivity index (χ0v) is 14.8. The summed E-state index contributed by atoms with van der Waals surface area (Å²) >= 11 is 3.68. The summed E-state index contributed by atoms with van der Waals surface area (Å²) in [7, 11) is 0. The van der Waals surface area contributed by atoms with Gasteiger partial charge in [-0.05, 0) is 0 Å². The number of halogens is 1. The number of rotatable bonds is 4. The third-order valence-corrected chi connectivity index (χ3v) is 7.60. The van der Waals surface area contributed by atoms with Crippen molar-refractivity contribution in [3.05, 3.63) is 45.1 Å². The number of hydrogen-bond acceptors (Lipinski definition) is 5. The third kappa shape index (κ3) is 2.65. The van der Waals surface area contributed by atoms with Gasteiger partial charge in [-0.1, -0.05) is 0 Å². The molecule has 0 amide bonds. The summed E-state index contributed by atoms with van der Waals surface area (Å²) < 4.78 is 3.13. The van der Waals surface area contributed by atoms with Crippen LogP contribution in [0.3, 0.4) is 0 Å². The van der Waals surface area contributed by atoms with Crippen LogP contribution >= 0.6 is 22.7 Å². The predicted molar refractivity (Wildman–Crippen MR) is 83.6 cm³/mol. The van der Waals surface area contributed by atoms with Crippen molar-refractivity contribution in [2.24, 2.45) is 0 Å². The minimum absolute atomic E-state index is 0.312. The second-order valence-corrected chi connectivity index (χ2v) is 9.92. The molecule has 6 heteroatoms. The Labute approximate surface area is 140 Å². The first kappa shape index (κ1) is 13.5. The van der Waals surface area contributed by atoms with Gasteiger partial charge >= 0.3 is 141 Å². The maximum absolute atomic E-state index is 9.25. The Kier molecular flexibility index (Phi) is 3.57. The van der Waals surface area contributed by atoms with Gasteiger partial charge < -0.3 is 0 Å². The van der Waals surface area contributed by atoms with Gasteiger partial charge in [0.15, 0.2) is 0 Å². The van der Waals surface area contributed by atoms with E-state index in [2.05, 4.69) is 35.0 Å². The van der Waals surface area contributed by atoms with Crippen LogP contribution in [0.5, 0.6) is 0 Å². The van der Waals surface area contributed by atoms with Crippen molar-refractivity contribution >= 4 is 38.6 Å². The summed E-state index contributed by atoms with van der Waals surface area (Å²) in [6.45, 7) is 0.829. The van der Waals surface area contributed by atoms with Gasteiger partial charge in [0.1, 0.15) is 0 Å². The monoisotopic (exact) mass is 424 g/mol. The molecule has 1 aliphatic heterocycles. The molecule has 0 spiro atoms. The number of pyridine rings is 1. The van der Waals surface area contributed by atoms with E-state index in [1.807, 2.05) is 5.38 Å². The van der Waals surface area contributed by atoms with E-state index in [-0.39, 0.29) is 0 Å². The van der Waals surface area contributed by atoms with Gasteiger partial charge in [-0.15, -0.1) is 0 Å². The SMILES string of the molecule is N#Cc1csc2c(NCc3cccs3)cc(C3C[I-]3)nc12. The molecule has 1 saturated heterocycles. The van der Waals surface area contributed by atoms with E-state index in [1.54, 1.807) is 22.7 Å². The third-order valence-electron chi connectivity index (χ3n) is 3.33. The molecule has 1 unspecified atom stereocenters. The fraction of sp³-hybridized carbons (Fsp3) is 0.200. The summed E-state index contributed by atoms with van der Waals surface area (Å²) in [4.78, 5) is 6.07. The van der Waals surface area contributed by atoms with Crippen molar-refractivity contribution in [2.45, 2.75) is 10.5 Å². The molecule has 1 N–H and O–H groups in total. The molecule has 0 aromatic carbocycles. The normalized spacial score (nSPS) is 17.2. The van der Waals surface area contributed by atoms with Crippen LogP contribution in [-0.4, -0.2) is 9.41 Å². The number of hydrogen-bond donors (Lipinski definition) is 1. The Balaban J connectivity index is 1.75. The summed E-state index contributed by atoms with van der Waals surface area (Å²) in [5, 5.41) is 16.8. The maximum atomic E-state index is 9.25. The van der Waals surface area contributed by atoms with Gasteiger partial charge in [0.25, 0.3) is 0 Å². The number of aromatic nitrogens is 1. The van der Waals surface area contributed by atoms with Crippen LogP contribution in [-0.2, 0) is 6.54 Å². The Bertz CT molecular complexity index is 829. The molecule has 0 bridgehead atoms. The quantitative estimate of drug-likeness (QED) is 0.502. The molecule has 3 nitrogen and oxygen atoms in total. The molecule has 0 saturated carbocycles. The standard InChI is InChI=1S/C15H11IN3S2/c17-6-9-8-21-15-13(18-7-10-2-1-3-20-10)4-12(11-5-16-11)19-14(9)15/h1-4,8,11H,5,7H2,(H,18,19)/q-1. The molecule has 1 aliphatic rings. The topological polar surface area (TPSA) is 48.7 Å². The molecule has 4 rings (SSSR count). The first-order chi connectivity index (χ1) is 10.3. The van der Waals surface area contributed by atoms with E-state index in [1.165, 1.54) is 15.0 Å². The minimum atomic E-state index is 0.312. The van der Waals surface area contributed by atoms with E-state index in [0.717, 1.165) is 22.4 Å². The number of nitrogens with zero attached hydrogens (tertiary/aromatic N) is 2. The first-order valence-electron chi connectivity index (χ1n) is 6.51. The zero-order valence-electron chi connectivity index (χ0n) is 11.0. The van der Waals surface area contributed by atoms with E-state index in [9.17, 15) is 5.26 Å². The van der Waals surface area contributed by atoms with Crippen molar-refractivity contribution in [1.29, 1.82) is 5.26 Å². The average molecular weight is 424 g/mol. The van der Waals surface area contributed by atoms with Crippen molar-refractivity contribution in [2.75, 3.05) is 9.74 Å². The zero-order chi connectivity index (χ0) is 14.2. The fourth-order valence-corrected chi connectivity index (χ4v) is 5.24. The molecular formula is C15H11IN3S2-. The molecule has 1 fully saturated rings. The predicted octanol–water partition coefficient (Wildman–Crippen LogP) is 0.985. The number of alkyl halides is 2. The van der Waals surface area contributed by atoms with E-state index in [4.69, 9.17) is 4.98 Å². The summed E-state index contributed by atoms with van der Waals surface area (Å²) in [5.74, 6) is 0. The molecule has 3 aromatic rings. The number of anilines is 1. The van der Waals surface area contributed by atoms with Gasteiger partial charge in [0.05, 0.1) is 0 Å². The molecular weight excluding hydrogens is 413 g/mol. The Hall–Kier alpha value is -1.17. The van der Waals surface area contributed by atoms with Crippen molar-refractivity contribution < 1.29 is 21.2 Å². The van der Waals surface area contributed by atoms with E-state index >= 15 is 0 Å². The Morgan fingerprint density at radius 3 is 3.10 bits per heavy atom. The molecule has 1 atom stereocenters.